The summed E-state index contributed by atoms with van der Waals surface area (Å²) in [5.74, 6) is 0.943. The van der Waals surface area contributed by atoms with E-state index in [2.05, 4.69) is 66.2 Å². The highest BCUT2D eigenvalue weighted by atomic mass is 16.5. The van der Waals surface area contributed by atoms with E-state index in [0.29, 0.717) is 19.3 Å². The SMILES string of the molecule is CCOCc1nc2c(C)nc3ccccc3c2n1Cc1ccc(CNC(C)C)cc1. The number of imidazole rings is 1. The Kier molecular flexibility index (Phi) is 6.11. The Hall–Kier alpha value is -2.76. The van der Waals surface area contributed by atoms with Crippen molar-refractivity contribution < 1.29 is 4.74 Å². The second-order valence-corrected chi connectivity index (χ2v) is 8.01. The molecule has 0 bridgehead atoms. The van der Waals surface area contributed by atoms with Gasteiger partial charge in [0.25, 0.3) is 0 Å². The molecule has 0 aliphatic rings. The van der Waals surface area contributed by atoms with Crippen molar-refractivity contribution in [2.24, 2.45) is 0 Å². The van der Waals surface area contributed by atoms with E-state index >= 15 is 0 Å². The summed E-state index contributed by atoms with van der Waals surface area (Å²) < 4.78 is 8.04. The van der Waals surface area contributed by atoms with Crippen molar-refractivity contribution >= 4 is 21.9 Å². The van der Waals surface area contributed by atoms with Gasteiger partial charge in [0.2, 0.25) is 0 Å². The zero-order chi connectivity index (χ0) is 21.1. The molecule has 5 nitrogen and oxygen atoms in total. The highest BCUT2D eigenvalue weighted by molar-refractivity contribution is 6.03. The van der Waals surface area contributed by atoms with Crippen LogP contribution >= 0.6 is 0 Å². The van der Waals surface area contributed by atoms with Crippen LogP contribution in [-0.4, -0.2) is 27.2 Å². The van der Waals surface area contributed by atoms with Crippen LogP contribution in [0.3, 0.4) is 0 Å². The molecular formula is C25H30N4O. The molecule has 2 aromatic heterocycles. The number of aryl methyl sites for hydroxylation is 1. The van der Waals surface area contributed by atoms with Crippen molar-refractivity contribution in [1.82, 2.24) is 19.9 Å². The summed E-state index contributed by atoms with van der Waals surface area (Å²) in [6, 6.07) is 17.6. The summed E-state index contributed by atoms with van der Waals surface area (Å²) in [4.78, 5) is 9.70. The number of fused-ring (bicyclic) bond motifs is 3. The molecule has 0 aliphatic heterocycles. The van der Waals surface area contributed by atoms with Crippen LogP contribution in [0, 0.1) is 6.92 Å². The lowest BCUT2D eigenvalue weighted by Gasteiger charge is -2.12. The molecule has 1 N–H and O–H groups in total. The number of nitrogens with zero attached hydrogens (tertiary/aromatic N) is 3. The first-order chi connectivity index (χ1) is 14.6. The quantitative estimate of drug-likeness (QED) is 0.452. The van der Waals surface area contributed by atoms with Crippen LogP contribution in [-0.2, 0) is 24.4 Å². The van der Waals surface area contributed by atoms with Gasteiger partial charge in [-0.05, 0) is 31.0 Å². The number of benzene rings is 2. The minimum absolute atomic E-state index is 0.480. The zero-order valence-corrected chi connectivity index (χ0v) is 18.3. The summed E-state index contributed by atoms with van der Waals surface area (Å²) in [6.07, 6.45) is 0. The fourth-order valence-electron chi connectivity index (χ4n) is 3.77. The average Bonchev–Trinajstić information content (AvgIpc) is 3.11. The Bertz CT molecular complexity index is 1150. The Morgan fingerprint density at radius 3 is 2.47 bits per heavy atom. The third kappa shape index (κ3) is 4.23. The summed E-state index contributed by atoms with van der Waals surface area (Å²) in [5.41, 5.74) is 6.60. The Balaban J connectivity index is 1.76. The van der Waals surface area contributed by atoms with Crippen molar-refractivity contribution in [3.63, 3.8) is 0 Å². The monoisotopic (exact) mass is 402 g/mol. The summed E-state index contributed by atoms with van der Waals surface area (Å²) in [6.45, 7) is 11.2. The Labute approximate surface area is 178 Å². The highest BCUT2D eigenvalue weighted by Gasteiger charge is 2.17. The lowest BCUT2D eigenvalue weighted by molar-refractivity contribution is 0.126. The number of aromatic nitrogens is 3. The molecule has 4 aromatic rings. The number of hydrogen-bond acceptors (Lipinski definition) is 4. The third-order valence-corrected chi connectivity index (χ3v) is 5.35. The van der Waals surface area contributed by atoms with Crippen LogP contribution in [0.25, 0.3) is 21.9 Å². The van der Waals surface area contributed by atoms with Crippen molar-refractivity contribution in [2.45, 2.75) is 53.4 Å². The molecule has 0 spiro atoms. The van der Waals surface area contributed by atoms with Crippen molar-refractivity contribution in [3.8, 4) is 0 Å². The summed E-state index contributed by atoms with van der Waals surface area (Å²) >= 11 is 0. The minimum Gasteiger partial charge on any atom is -0.374 e. The first-order valence-electron chi connectivity index (χ1n) is 10.7. The fourth-order valence-corrected chi connectivity index (χ4v) is 3.77. The molecule has 0 unspecified atom stereocenters. The molecule has 0 atom stereocenters. The van der Waals surface area contributed by atoms with E-state index in [9.17, 15) is 0 Å². The number of para-hydroxylation sites is 1. The van der Waals surface area contributed by atoms with Crippen LogP contribution in [0.2, 0.25) is 0 Å². The molecular weight excluding hydrogens is 372 g/mol. The smallest absolute Gasteiger partial charge is 0.136 e. The van der Waals surface area contributed by atoms with Crippen molar-refractivity contribution in [2.75, 3.05) is 6.61 Å². The molecule has 2 heterocycles. The van der Waals surface area contributed by atoms with Gasteiger partial charge in [0, 0.05) is 31.1 Å². The minimum atomic E-state index is 0.480. The maximum absolute atomic E-state index is 5.74. The van der Waals surface area contributed by atoms with Crippen LogP contribution in [0.4, 0.5) is 0 Å². The van der Waals surface area contributed by atoms with Gasteiger partial charge in [-0.1, -0.05) is 56.3 Å². The molecule has 0 amide bonds. The molecule has 4 rings (SSSR count). The van der Waals surface area contributed by atoms with Gasteiger partial charge < -0.3 is 14.6 Å². The van der Waals surface area contributed by atoms with Crippen LogP contribution < -0.4 is 5.32 Å². The van der Waals surface area contributed by atoms with Crippen LogP contribution in [0.5, 0.6) is 0 Å². The fraction of sp³-hybridized carbons (Fsp3) is 0.360. The molecule has 30 heavy (non-hydrogen) atoms. The average molecular weight is 403 g/mol. The predicted molar refractivity (Wildman–Crippen MR) is 123 cm³/mol. The van der Waals surface area contributed by atoms with E-state index < -0.39 is 0 Å². The zero-order valence-electron chi connectivity index (χ0n) is 18.3. The van der Waals surface area contributed by atoms with Crippen molar-refractivity contribution in [1.29, 1.82) is 0 Å². The number of pyridine rings is 1. The molecule has 5 heteroatoms. The Morgan fingerprint density at radius 1 is 1.00 bits per heavy atom. The van der Waals surface area contributed by atoms with E-state index in [4.69, 9.17) is 14.7 Å². The number of ether oxygens (including phenoxy) is 1. The normalized spacial score (nSPS) is 11.8. The second-order valence-electron chi connectivity index (χ2n) is 8.01. The first kappa shape index (κ1) is 20.5. The van der Waals surface area contributed by atoms with E-state index in [1.165, 1.54) is 11.1 Å². The summed E-state index contributed by atoms with van der Waals surface area (Å²) in [7, 11) is 0. The van der Waals surface area contributed by atoms with Gasteiger partial charge in [-0.2, -0.15) is 0 Å². The highest BCUT2D eigenvalue weighted by Crippen LogP contribution is 2.28. The maximum atomic E-state index is 5.74. The molecule has 0 aliphatic carbocycles. The molecule has 0 saturated heterocycles. The maximum Gasteiger partial charge on any atom is 0.136 e. The van der Waals surface area contributed by atoms with Gasteiger partial charge in [-0.15, -0.1) is 0 Å². The second kappa shape index (κ2) is 8.94. The predicted octanol–water partition coefficient (Wildman–Crippen LogP) is 4.98. The van der Waals surface area contributed by atoms with E-state index in [0.717, 1.165) is 46.5 Å². The van der Waals surface area contributed by atoms with E-state index in [1.807, 2.05) is 19.9 Å². The number of rotatable bonds is 8. The molecule has 0 radical (unpaired) electrons. The number of hydrogen-bond donors (Lipinski definition) is 1. The largest absolute Gasteiger partial charge is 0.374 e. The van der Waals surface area contributed by atoms with Crippen LogP contribution in [0.15, 0.2) is 48.5 Å². The van der Waals surface area contributed by atoms with E-state index in [-0.39, 0.29) is 0 Å². The topological polar surface area (TPSA) is 52.0 Å². The van der Waals surface area contributed by atoms with Gasteiger partial charge in [0.1, 0.15) is 17.9 Å². The summed E-state index contributed by atoms with van der Waals surface area (Å²) in [5, 5.41) is 4.60. The van der Waals surface area contributed by atoms with Crippen LogP contribution in [0.1, 0.15) is 43.4 Å². The number of nitrogens with one attached hydrogen (secondary N) is 1. The van der Waals surface area contributed by atoms with Gasteiger partial charge >= 0.3 is 0 Å². The lowest BCUT2D eigenvalue weighted by Crippen LogP contribution is -2.21. The standard InChI is InChI=1S/C25H30N4O/c1-5-30-16-23-28-24-18(4)27-22-9-7-6-8-21(22)25(24)29(23)15-20-12-10-19(11-13-20)14-26-17(2)3/h6-13,17,26H,5,14-16H2,1-4H3. The van der Waals surface area contributed by atoms with Gasteiger partial charge in [0.15, 0.2) is 0 Å². The molecule has 0 saturated carbocycles. The van der Waals surface area contributed by atoms with Gasteiger partial charge in [0.05, 0.1) is 16.7 Å². The third-order valence-electron chi connectivity index (χ3n) is 5.35. The van der Waals surface area contributed by atoms with E-state index in [1.54, 1.807) is 0 Å². The molecule has 2 aromatic carbocycles. The Morgan fingerprint density at radius 2 is 1.73 bits per heavy atom. The molecule has 156 valence electrons. The van der Waals surface area contributed by atoms with Gasteiger partial charge in [-0.25, -0.2) is 4.98 Å². The van der Waals surface area contributed by atoms with Gasteiger partial charge in [-0.3, -0.25) is 4.98 Å². The lowest BCUT2D eigenvalue weighted by atomic mass is 10.1. The molecule has 0 fully saturated rings. The first-order valence-corrected chi connectivity index (χ1v) is 10.7. The van der Waals surface area contributed by atoms with Crippen molar-refractivity contribution in [3.05, 3.63) is 71.2 Å².